The van der Waals surface area contributed by atoms with Gasteiger partial charge in [-0.25, -0.2) is 4.79 Å². The number of carboxylic acid groups (broad SMARTS) is 1. The molecule has 0 amide bonds. The van der Waals surface area contributed by atoms with Gasteiger partial charge in [-0.2, -0.15) is 0 Å². The lowest BCUT2D eigenvalue weighted by Crippen LogP contribution is -2.16. The Morgan fingerprint density at radius 2 is 0.936 bits per heavy atom. The summed E-state index contributed by atoms with van der Waals surface area (Å²) in [6, 6.07) is 0. The van der Waals surface area contributed by atoms with Crippen molar-refractivity contribution in [3.05, 3.63) is 24.3 Å². The number of hydrogen-bond donors (Lipinski definition) is 3. The first-order valence-electron chi connectivity index (χ1n) is 20.1. The van der Waals surface area contributed by atoms with Gasteiger partial charge in [0.2, 0.25) is 0 Å². The van der Waals surface area contributed by atoms with Crippen molar-refractivity contribution in [2.24, 2.45) is 0 Å². The molecule has 6 heteroatoms. The molecule has 6 nitrogen and oxygen atoms in total. The van der Waals surface area contributed by atoms with E-state index in [-0.39, 0.29) is 18.3 Å². The number of carbonyl (C=O) groups is 1. The molecule has 0 rings (SSSR count). The zero-order valence-corrected chi connectivity index (χ0v) is 31.4. The van der Waals surface area contributed by atoms with Gasteiger partial charge in [-0.15, -0.1) is 0 Å². The quantitative estimate of drug-likeness (QED) is 0.0350. The zero-order chi connectivity index (χ0) is 34.6. The van der Waals surface area contributed by atoms with Crippen LogP contribution in [0.5, 0.6) is 0 Å². The molecule has 0 saturated carbocycles. The fourth-order valence-electron chi connectivity index (χ4n) is 6.21. The highest BCUT2D eigenvalue weighted by Gasteiger charge is 2.13. The van der Waals surface area contributed by atoms with Crippen LogP contribution in [0.15, 0.2) is 24.3 Å². The third-order valence-corrected chi connectivity index (χ3v) is 9.24. The number of ether oxygens (including phenoxy) is 1. The molecular formula is C41H79NO5. The lowest BCUT2D eigenvalue weighted by molar-refractivity contribution is 0.0422. The van der Waals surface area contributed by atoms with Crippen LogP contribution in [0, 0.1) is 0 Å². The molecule has 0 aromatic rings. The van der Waals surface area contributed by atoms with Crippen molar-refractivity contribution in [2.45, 2.75) is 211 Å². The van der Waals surface area contributed by atoms with Crippen LogP contribution >= 0.6 is 0 Å². The Labute approximate surface area is 291 Å². The first-order chi connectivity index (χ1) is 22.8. The minimum atomic E-state index is -1.15. The second-order valence-electron chi connectivity index (χ2n) is 14.3. The number of nitrogens with zero attached hydrogens (tertiary/aromatic N) is 1. The van der Waals surface area contributed by atoms with E-state index in [0.29, 0.717) is 0 Å². The van der Waals surface area contributed by atoms with Crippen LogP contribution in [0.4, 0.5) is 4.79 Å². The summed E-state index contributed by atoms with van der Waals surface area (Å²) in [5.41, 5.74) is 0. The largest absolute Gasteiger partial charge is 0.506 e. The first-order valence-corrected chi connectivity index (χ1v) is 20.1. The molecule has 1 unspecified atom stereocenters. The molecule has 0 aliphatic carbocycles. The van der Waals surface area contributed by atoms with Crippen molar-refractivity contribution < 1.29 is 24.9 Å². The number of allylic oxidation sites excluding steroid dienone is 2. The van der Waals surface area contributed by atoms with Gasteiger partial charge in [-0.3, -0.25) is 0 Å². The molecule has 3 N–H and O–H groups in total. The number of unbranched alkanes of at least 4 members (excludes halogenated alkanes) is 19. The van der Waals surface area contributed by atoms with Crippen LogP contribution < -0.4 is 0 Å². The van der Waals surface area contributed by atoms with Gasteiger partial charge in [0, 0.05) is 0 Å². The third kappa shape index (κ3) is 37.3. The first kappa shape index (κ1) is 45.6. The monoisotopic (exact) mass is 666 g/mol. The Morgan fingerprint density at radius 3 is 1.36 bits per heavy atom. The van der Waals surface area contributed by atoms with Gasteiger partial charge in [-0.1, -0.05) is 134 Å². The minimum absolute atomic E-state index is 0.170. The summed E-state index contributed by atoms with van der Waals surface area (Å²) in [6.07, 6.45) is 39.5. The smallest absolute Gasteiger partial charge is 0.450 e. The highest BCUT2D eigenvalue weighted by molar-refractivity contribution is 5.57. The summed E-state index contributed by atoms with van der Waals surface area (Å²) in [7, 11) is 4.28. The van der Waals surface area contributed by atoms with Crippen LogP contribution in [0.3, 0.4) is 0 Å². The molecule has 0 aliphatic rings. The molecule has 0 spiro atoms. The molecular weight excluding hydrogens is 586 g/mol. The van der Waals surface area contributed by atoms with E-state index in [1.807, 2.05) is 0 Å². The van der Waals surface area contributed by atoms with E-state index in [1.165, 1.54) is 103 Å². The second kappa shape index (κ2) is 35.9. The SMILES string of the molecule is CCCCCC[C@@H](O)CC=CCCCCCCCC(CCCCCCCC=CC[C@H](O)CCCCCCCCCN(C)C)OC(=O)O. The Bertz CT molecular complexity index is 710. The van der Waals surface area contributed by atoms with Crippen molar-refractivity contribution in [1.29, 1.82) is 0 Å². The summed E-state index contributed by atoms with van der Waals surface area (Å²) >= 11 is 0. The molecule has 0 radical (unpaired) electrons. The van der Waals surface area contributed by atoms with Gasteiger partial charge < -0.3 is 25.0 Å². The van der Waals surface area contributed by atoms with Crippen LogP contribution in [-0.4, -0.2) is 65.3 Å². The van der Waals surface area contributed by atoms with E-state index in [4.69, 9.17) is 9.84 Å². The van der Waals surface area contributed by atoms with Gasteiger partial charge in [0.25, 0.3) is 0 Å². The van der Waals surface area contributed by atoms with Crippen molar-refractivity contribution in [3.63, 3.8) is 0 Å². The average molecular weight is 666 g/mol. The summed E-state index contributed by atoms with van der Waals surface area (Å²) in [6.45, 7) is 3.41. The van der Waals surface area contributed by atoms with Crippen LogP contribution in [0.2, 0.25) is 0 Å². The molecule has 0 heterocycles. The highest BCUT2D eigenvalue weighted by Crippen LogP contribution is 2.18. The summed E-state index contributed by atoms with van der Waals surface area (Å²) in [4.78, 5) is 13.4. The fraction of sp³-hybridized carbons (Fsp3) is 0.878. The lowest BCUT2D eigenvalue weighted by atomic mass is 10.0. The summed E-state index contributed by atoms with van der Waals surface area (Å²) in [5, 5.41) is 29.4. The van der Waals surface area contributed by atoms with E-state index in [0.717, 1.165) is 89.9 Å². The third-order valence-electron chi connectivity index (χ3n) is 9.24. The van der Waals surface area contributed by atoms with Gasteiger partial charge >= 0.3 is 6.16 Å². The van der Waals surface area contributed by atoms with E-state index in [9.17, 15) is 15.0 Å². The second-order valence-corrected chi connectivity index (χ2v) is 14.3. The molecule has 278 valence electrons. The van der Waals surface area contributed by atoms with Crippen molar-refractivity contribution in [3.8, 4) is 0 Å². The van der Waals surface area contributed by atoms with Crippen LogP contribution in [0.25, 0.3) is 0 Å². The summed E-state index contributed by atoms with van der Waals surface area (Å²) in [5.74, 6) is 0. The number of rotatable bonds is 36. The standard InChI is InChI=1S/C41H79NO5/c1-4-5-6-24-31-38(43)32-25-18-12-7-9-15-21-28-35-40(47-41(45)46)36-29-22-16-10-8-13-19-26-33-39(44)34-27-20-14-11-17-23-30-37-42(2)3/h18-19,25-26,38-40,43-44H,4-17,20-24,27-37H2,1-3H3,(H,45,46)/t38-,39+,40?/m1/s1. The van der Waals surface area contributed by atoms with E-state index in [2.05, 4.69) is 50.2 Å². The topological polar surface area (TPSA) is 90.2 Å². The predicted molar refractivity (Wildman–Crippen MR) is 201 cm³/mol. The Hall–Kier alpha value is -1.37. The van der Waals surface area contributed by atoms with Gasteiger partial charge in [0.05, 0.1) is 12.2 Å². The van der Waals surface area contributed by atoms with E-state index >= 15 is 0 Å². The average Bonchev–Trinajstić information content (AvgIpc) is 3.03. The molecule has 0 aromatic heterocycles. The van der Waals surface area contributed by atoms with Gasteiger partial charge in [-0.05, 0) is 104 Å². The highest BCUT2D eigenvalue weighted by atomic mass is 16.7. The van der Waals surface area contributed by atoms with Crippen LogP contribution in [0.1, 0.15) is 193 Å². The zero-order valence-electron chi connectivity index (χ0n) is 31.4. The molecule has 3 atom stereocenters. The van der Waals surface area contributed by atoms with Gasteiger partial charge in [0.15, 0.2) is 0 Å². The normalized spacial score (nSPS) is 14.0. The Kier molecular flexibility index (Phi) is 34.9. The van der Waals surface area contributed by atoms with Crippen molar-refractivity contribution in [2.75, 3.05) is 20.6 Å². The molecule has 0 bridgehead atoms. The van der Waals surface area contributed by atoms with E-state index in [1.54, 1.807) is 0 Å². The maximum atomic E-state index is 11.2. The summed E-state index contributed by atoms with van der Waals surface area (Å²) < 4.78 is 5.19. The lowest BCUT2D eigenvalue weighted by Gasteiger charge is -2.15. The maximum Gasteiger partial charge on any atom is 0.506 e. The van der Waals surface area contributed by atoms with E-state index < -0.39 is 6.16 Å². The Morgan fingerprint density at radius 1 is 0.553 bits per heavy atom. The molecule has 0 fully saturated rings. The number of aliphatic hydroxyl groups excluding tert-OH is 2. The van der Waals surface area contributed by atoms with Crippen LogP contribution in [-0.2, 0) is 4.74 Å². The Balaban J connectivity index is 3.67. The molecule has 0 saturated heterocycles. The fourth-order valence-corrected chi connectivity index (χ4v) is 6.21. The minimum Gasteiger partial charge on any atom is -0.450 e. The van der Waals surface area contributed by atoms with Gasteiger partial charge in [0.1, 0.15) is 6.10 Å². The molecule has 47 heavy (non-hydrogen) atoms. The maximum absolute atomic E-state index is 11.2. The number of hydrogen-bond acceptors (Lipinski definition) is 5. The molecule has 0 aromatic carbocycles. The van der Waals surface area contributed by atoms with Crippen molar-refractivity contribution >= 4 is 6.16 Å². The molecule has 0 aliphatic heterocycles. The predicted octanol–water partition coefficient (Wildman–Crippen LogP) is 11.8. The van der Waals surface area contributed by atoms with Crippen molar-refractivity contribution in [1.82, 2.24) is 4.90 Å². The number of aliphatic hydroxyl groups is 2.